The van der Waals surface area contributed by atoms with E-state index in [0.717, 1.165) is 26.1 Å². The van der Waals surface area contributed by atoms with Gasteiger partial charge in [-0.2, -0.15) is 5.26 Å². The van der Waals surface area contributed by atoms with Gasteiger partial charge in [-0.1, -0.05) is 30.3 Å². The minimum absolute atomic E-state index is 0.397. The lowest BCUT2D eigenvalue weighted by Gasteiger charge is -2.17. The van der Waals surface area contributed by atoms with E-state index in [0.29, 0.717) is 24.0 Å². The molecule has 0 aliphatic carbocycles. The minimum Gasteiger partial charge on any atom is -0.376 e. The number of nitrogens with zero attached hydrogens (tertiary/aromatic N) is 4. The van der Waals surface area contributed by atoms with Crippen molar-refractivity contribution in [3.63, 3.8) is 0 Å². The Morgan fingerprint density at radius 3 is 2.86 bits per heavy atom. The first-order valence-electron chi connectivity index (χ1n) is 7.44. The standard InChI is InChI=1S/C17H18N4O/c18-10-16-17(20-8-7-19-16)21-9-6-15(11-21)13-22-12-14-4-2-1-3-5-14/h1-5,7-8,15H,6,9,11-13H2/t15-/m0/s1. The summed E-state index contributed by atoms with van der Waals surface area (Å²) in [6.07, 6.45) is 4.24. The van der Waals surface area contributed by atoms with Crippen molar-refractivity contribution >= 4 is 5.82 Å². The fraction of sp³-hybridized carbons (Fsp3) is 0.353. The summed E-state index contributed by atoms with van der Waals surface area (Å²) in [4.78, 5) is 10.5. The average Bonchev–Trinajstić information content (AvgIpc) is 3.04. The summed E-state index contributed by atoms with van der Waals surface area (Å²) in [7, 11) is 0. The van der Waals surface area contributed by atoms with E-state index < -0.39 is 0 Å². The highest BCUT2D eigenvalue weighted by atomic mass is 16.5. The molecule has 1 aromatic heterocycles. The topological polar surface area (TPSA) is 62.0 Å². The zero-order valence-electron chi connectivity index (χ0n) is 12.4. The normalized spacial score (nSPS) is 17.4. The predicted octanol–water partition coefficient (Wildman–Crippen LogP) is 2.39. The maximum Gasteiger partial charge on any atom is 0.183 e. The lowest BCUT2D eigenvalue weighted by atomic mass is 10.1. The van der Waals surface area contributed by atoms with Crippen LogP contribution in [0.1, 0.15) is 17.7 Å². The molecule has 1 atom stereocenters. The highest BCUT2D eigenvalue weighted by Gasteiger charge is 2.25. The van der Waals surface area contributed by atoms with Crippen molar-refractivity contribution < 1.29 is 4.74 Å². The number of anilines is 1. The molecule has 1 aliphatic rings. The highest BCUT2D eigenvalue weighted by Crippen LogP contribution is 2.24. The van der Waals surface area contributed by atoms with E-state index in [4.69, 9.17) is 10.00 Å². The number of nitriles is 1. The molecule has 1 aliphatic heterocycles. The van der Waals surface area contributed by atoms with E-state index >= 15 is 0 Å². The lowest BCUT2D eigenvalue weighted by molar-refractivity contribution is 0.0929. The Kier molecular flexibility index (Phi) is 4.62. The first-order chi connectivity index (χ1) is 10.9. The van der Waals surface area contributed by atoms with Crippen LogP contribution in [0.3, 0.4) is 0 Å². The summed E-state index contributed by atoms with van der Waals surface area (Å²) in [5.74, 6) is 1.16. The van der Waals surface area contributed by atoms with Gasteiger partial charge in [0.25, 0.3) is 0 Å². The van der Waals surface area contributed by atoms with E-state index in [-0.39, 0.29) is 0 Å². The lowest BCUT2D eigenvalue weighted by Crippen LogP contribution is -2.23. The maximum absolute atomic E-state index is 9.11. The van der Waals surface area contributed by atoms with Crippen LogP contribution in [-0.4, -0.2) is 29.7 Å². The number of hydrogen-bond donors (Lipinski definition) is 0. The van der Waals surface area contributed by atoms with Gasteiger partial charge < -0.3 is 9.64 Å². The van der Waals surface area contributed by atoms with Gasteiger partial charge in [0, 0.05) is 31.4 Å². The first-order valence-corrected chi connectivity index (χ1v) is 7.44. The molecule has 0 saturated carbocycles. The van der Waals surface area contributed by atoms with Crippen LogP contribution in [-0.2, 0) is 11.3 Å². The quantitative estimate of drug-likeness (QED) is 0.847. The molecular weight excluding hydrogens is 276 g/mol. The number of aromatic nitrogens is 2. The third-order valence-electron chi connectivity index (χ3n) is 3.84. The number of benzene rings is 1. The van der Waals surface area contributed by atoms with Crippen LogP contribution in [0.2, 0.25) is 0 Å². The largest absolute Gasteiger partial charge is 0.376 e. The van der Waals surface area contributed by atoms with Gasteiger partial charge >= 0.3 is 0 Å². The minimum atomic E-state index is 0.397. The van der Waals surface area contributed by atoms with Crippen molar-refractivity contribution in [1.82, 2.24) is 9.97 Å². The summed E-state index contributed by atoms with van der Waals surface area (Å²) in [5, 5.41) is 9.11. The molecule has 112 valence electrons. The summed E-state index contributed by atoms with van der Waals surface area (Å²) in [5.41, 5.74) is 1.59. The molecule has 0 radical (unpaired) electrons. The molecule has 5 heteroatoms. The second-order valence-electron chi connectivity index (χ2n) is 5.44. The van der Waals surface area contributed by atoms with Crippen molar-refractivity contribution in [1.29, 1.82) is 5.26 Å². The van der Waals surface area contributed by atoms with Gasteiger partial charge in [-0.25, -0.2) is 9.97 Å². The van der Waals surface area contributed by atoms with Crippen LogP contribution in [0.4, 0.5) is 5.82 Å². The third kappa shape index (κ3) is 3.41. The Morgan fingerprint density at radius 1 is 1.23 bits per heavy atom. The molecule has 2 aromatic rings. The molecule has 22 heavy (non-hydrogen) atoms. The Hall–Kier alpha value is -2.45. The molecule has 0 unspecified atom stereocenters. The number of rotatable bonds is 5. The Labute approximate surface area is 130 Å². The Bertz CT molecular complexity index is 653. The van der Waals surface area contributed by atoms with Gasteiger partial charge in [0.15, 0.2) is 11.5 Å². The summed E-state index contributed by atoms with van der Waals surface area (Å²) in [6, 6.07) is 12.3. The second kappa shape index (κ2) is 7.01. The summed E-state index contributed by atoms with van der Waals surface area (Å²) < 4.78 is 5.82. The van der Waals surface area contributed by atoms with Crippen LogP contribution in [0, 0.1) is 17.2 Å². The van der Waals surface area contributed by atoms with Gasteiger partial charge in [-0.15, -0.1) is 0 Å². The molecule has 0 N–H and O–H groups in total. The van der Waals surface area contributed by atoms with Crippen molar-refractivity contribution in [2.75, 3.05) is 24.6 Å². The van der Waals surface area contributed by atoms with Crippen molar-refractivity contribution in [2.24, 2.45) is 5.92 Å². The smallest absolute Gasteiger partial charge is 0.183 e. The van der Waals surface area contributed by atoms with E-state index in [1.165, 1.54) is 5.56 Å². The average molecular weight is 294 g/mol. The van der Waals surface area contributed by atoms with Gasteiger partial charge in [-0.3, -0.25) is 0 Å². The fourth-order valence-corrected chi connectivity index (χ4v) is 2.72. The van der Waals surface area contributed by atoms with Crippen molar-refractivity contribution in [2.45, 2.75) is 13.0 Å². The van der Waals surface area contributed by atoms with Crippen LogP contribution in [0.25, 0.3) is 0 Å². The fourth-order valence-electron chi connectivity index (χ4n) is 2.72. The Morgan fingerprint density at radius 2 is 2.05 bits per heavy atom. The van der Waals surface area contributed by atoms with Gasteiger partial charge in [0.2, 0.25) is 0 Å². The van der Waals surface area contributed by atoms with Gasteiger partial charge in [0.1, 0.15) is 6.07 Å². The van der Waals surface area contributed by atoms with E-state index in [1.807, 2.05) is 18.2 Å². The maximum atomic E-state index is 9.11. The zero-order valence-corrected chi connectivity index (χ0v) is 12.4. The van der Waals surface area contributed by atoms with Crippen molar-refractivity contribution in [3.05, 3.63) is 54.0 Å². The molecule has 1 aromatic carbocycles. The molecule has 5 nitrogen and oxygen atoms in total. The molecule has 3 rings (SSSR count). The monoisotopic (exact) mass is 294 g/mol. The van der Waals surface area contributed by atoms with E-state index in [9.17, 15) is 0 Å². The van der Waals surface area contributed by atoms with E-state index in [2.05, 4.69) is 33.1 Å². The molecule has 2 heterocycles. The number of hydrogen-bond acceptors (Lipinski definition) is 5. The SMILES string of the molecule is N#Cc1nccnc1N1CC[C@H](COCc2ccccc2)C1. The first kappa shape index (κ1) is 14.5. The van der Waals surface area contributed by atoms with Gasteiger partial charge in [0.05, 0.1) is 13.2 Å². The molecular formula is C17H18N4O. The number of ether oxygens (including phenoxy) is 1. The predicted molar refractivity (Wildman–Crippen MR) is 83.2 cm³/mol. The van der Waals surface area contributed by atoms with Crippen LogP contribution in [0.15, 0.2) is 42.7 Å². The molecule has 1 fully saturated rings. The second-order valence-corrected chi connectivity index (χ2v) is 5.44. The van der Waals surface area contributed by atoms with Gasteiger partial charge in [-0.05, 0) is 12.0 Å². The van der Waals surface area contributed by atoms with Crippen LogP contribution in [0.5, 0.6) is 0 Å². The van der Waals surface area contributed by atoms with E-state index in [1.54, 1.807) is 12.4 Å². The third-order valence-corrected chi connectivity index (χ3v) is 3.84. The Balaban J connectivity index is 1.51. The van der Waals surface area contributed by atoms with Crippen LogP contribution >= 0.6 is 0 Å². The molecule has 0 spiro atoms. The van der Waals surface area contributed by atoms with Crippen molar-refractivity contribution in [3.8, 4) is 6.07 Å². The highest BCUT2D eigenvalue weighted by molar-refractivity contribution is 5.50. The summed E-state index contributed by atoms with van der Waals surface area (Å²) >= 11 is 0. The summed E-state index contributed by atoms with van der Waals surface area (Å²) in [6.45, 7) is 3.13. The van der Waals surface area contributed by atoms with Crippen LogP contribution < -0.4 is 4.90 Å². The molecule has 1 saturated heterocycles. The molecule has 0 amide bonds. The zero-order chi connectivity index (χ0) is 15.2. The molecule has 0 bridgehead atoms.